The molecule has 2 saturated heterocycles. The minimum absolute atomic E-state index is 0.0157. The van der Waals surface area contributed by atoms with Crippen molar-refractivity contribution in [1.29, 1.82) is 0 Å². The van der Waals surface area contributed by atoms with Gasteiger partial charge in [0.15, 0.2) is 0 Å². The van der Waals surface area contributed by atoms with Crippen molar-refractivity contribution < 1.29 is 19.1 Å². The Kier molecular flexibility index (Phi) is 1.50. The van der Waals surface area contributed by atoms with Crippen molar-refractivity contribution >= 4 is 11.8 Å². The Morgan fingerprint density at radius 3 is 2.62 bits per heavy atom. The largest absolute Gasteiger partial charge is 0.459 e. The molecule has 4 nitrogen and oxygen atoms in total. The molecule has 0 aromatic carbocycles. The van der Waals surface area contributed by atoms with Gasteiger partial charge in [-0.05, 0) is 43.4 Å². The van der Waals surface area contributed by atoms with Crippen molar-refractivity contribution in [2.45, 2.75) is 51.4 Å². The summed E-state index contributed by atoms with van der Waals surface area (Å²) in [6.45, 7) is 6.57. The first-order chi connectivity index (χ1) is 9.85. The highest BCUT2D eigenvalue weighted by Gasteiger charge is 2.92. The van der Waals surface area contributed by atoms with E-state index in [0.717, 1.165) is 0 Å². The van der Waals surface area contributed by atoms with Crippen LogP contribution in [0.5, 0.6) is 0 Å². The second kappa shape index (κ2) is 2.70. The summed E-state index contributed by atoms with van der Waals surface area (Å²) in [7, 11) is 0. The lowest BCUT2D eigenvalue weighted by Gasteiger charge is -2.47. The van der Waals surface area contributed by atoms with E-state index < -0.39 is 5.60 Å². The minimum Gasteiger partial charge on any atom is -0.459 e. The SMILES string of the molecule is CC12C3C(=O)C(C)(C1C1CC13)[C@]1(C)O[C@H]3CC(=O)O[C@H]3[C@H]21. The molecule has 6 unspecified atom stereocenters. The predicted molar refractivity (Wildman–Crippen MR) is 71.1 cm³/mol. The van der Waals surface area contributed by atoms with Crippen LogP contribution in [-0.2, 0) is 19.1 Å². The van der Waals surface area contributed by atoms with Crippen LogP contribution in [0.15, 0.2) is 0 Å². The molecule has 4 bridgehead atoms. The Morgan fingerprint density at radius 2 is 1.86 bits per heavy atom. The number of hydrogen-bond acceptors (Lipinski definition) is 4. The number of ether oxygens (including phenoxy) is 2. The summed E-state index contributed by atoms with van der Waals surface area (Å²) in [5.74, 6) is 2.46. The Morgan fingerprint density at radius 1 is 1.10 bits per heavy atom. The lowest BCUT2D eigenvalue weighted by molar-refractivity contribution is -0.169. The Bertz CT molecular complexity index is 643. The van der Waals surface area contributed by atoms with Crippen LogP contribution in [0.3, 0.4) is 0 Å². The second-order valence-electron chi connectivity index (χ2n) is 8.85. The lowest BCUT2D eigenvalue weighted by Crippen LogP contribution is -2.57. The van der Waals surface area contributed by atoms with Crippen LogP contribution in [0.4, 0.5) is 0 Å². The van der Waals surface area contributed by atoms with Crippen molar-refractivity contribution in [2.75, 3.05) is 0 Å². The zero-order valence-corrected chi connectivity index (χ0v) is 12.6. The molecule has 10 atom stereocenters. The lowest BCUT2D eigenvalue weighted by atomic mass is 9.58. The first-order valence-electron chi connectivity index (χ1n) is 8.26. The number of ketones is 1. The third kappa shape index (κ3) is 0.809. The van der Waals surface area contributed by atoms with Gasteiger partial charge in [0.2, 0.25) is 0 Å². The minimum atomic E-state index is -0.441. The quantitative estimate of drug-likeness (QED) is 0.635. The van der Waals surface area contributed by atoms with Crippen LogP contribution < -0.4 is 0 Å². The first kappa shape index (κ1) is 11.6. The van der Waals surface area contributed by atoms with Crippen LogP contribution in [-0.4, -0.2) is 29.6 Å². The fourth-order valence-electron chi connectivity index (χ4n) is 8.10. The van der Waals surface area contributed by atoms with Crippen LogP contribution >= 0.6 is 0 Å². The average molecular weight is 288 g/mol. The highest BCUT2D eigenvalue weighted by atomic mass is 16.6. The molecular weight excluding hydrogens is 268 g/mol. The predicted octanol–water partition coefficient (Wildman–Crippen LogP) is 1.57. The van der Waals surface area contributed by atoms with Crippen LogP contribution in [0.2, 0.25) is 0 Å². The van der Waals surface area contributed by atoms with E-state index in [4.69, 9.17) is 9.47 Å². The molecule has 6 aliphatic rings. The fraction of sp³-hybridized carbons (Fsp3) is 0.882. The van der Waals surface area contributed by atoms with Gasteiger partial charge in [-0.25, -0.2) is 0 Å². The van der Waals surface area contributed by atoms with Crippen molar-refractivity contribution in [3.05, 3.63) is 0 Å². The van der Waals surface area contributed by atoms with Crippen molar-refractivity contribution in [3.8, 4) is 0 Å². The highest BCUT2D eigenvalue weighted by Crippen LogP contribution is 2.88. The summed E-state index contributed by atoms with van der Waals surface area (Å²) in [6.07, 6.45) is 1.33. The summed E-state index contributed by atoms with van der Waals surface area (Å²) in [6, 6.07) is 0. The summed E-state index contributed by atoms with van der Waals surface area (Å²) < 4.78 is 12.1. The summed E-state index contributed by atoms with van der Waals surface area (Å²) in [4.78, 5) is 24.8. The Labute approximate surface area is 123 Å². The van der Waals surface area contributed by atoms with Crippen molar-refractivity contribution in [2.24, 2.45) is 40.4 Å². The van der Waals surface area contributed by atoms with Crippen LogP contribution in [0, 0.1) is 40.4 Å². The van der Waals surface area contributed by atoms with Gasteiger partial charge in [0.1, 0.15) is 18.0 Å². The third-order valence-corrected chi connectivity index (χ3v) is 8.53. The molecule has 4 heteroatoms. The van der Waals surface area contributed by atoms with Gasteiger partial charge in [-0.15, -0.1) is 0 Å². The molecule has 4 aliphatic carbocycles. The molecule has 0 amide bonds. The second-order valence-corrected chi connectivity index (χ2v) is 8.85. The topological polar surface area (TPSA) is 52.6 Å². The van der Waals surface area contributed by atoms with E-state index >= 15 is 0 Å². The maximum Gasteiger partial charge on any atom is 0.308 e. The molecule has 112 valence electrons. The van der Waals surface area contributed by atoms with E-state index in [9.17, 15) is 9.59 Å². The monoisotopic (exact) mass is 288 g/mol. The van der Waals surface area contributed by atoms with Crippen LogP contribution in [0.25, 0.3) is 0 Å². The molecule has 4 saturated carbocycles. The molecule has 6 rings (SSSR count). The number of esters is 1. The van der Waals surface area contributed by atoms with Gasteiger partial charge < -0.3 is 9.47 Å². The maximum atomic E-state index is 13.1. The van der Waals surface area contributed by atoms with Gasteiger partial charge in [-0.3, -0.25) is 9.59 Å². The van der Waals surface area contributed by atoms with Gasteiger partial charge >= 0.3 is 5.97 Å². The van der Waals surface area contributed by atoms with E-state index in [1.807, 2.05) is 0 Å². The average Bonchev–Trinajstić information content (AvgIpc) is 2.75. The van der Waals surface area contributed by atoms with E-state index in [0.29, 0.717) is 30.0 Å². The number of carbonyl (C=O) groups is 2. The number of Topliss-reactive ketones (excluding diaryl/α,β-unsaturated/α-hetero) is 1. The van der Waals surface area contributed by atoms with Crippen molar-refractivity contribution in [1.82, 2.24) is 0 Å². The number of hydrogen-bond donors (Lipinski definition) is 0. The summed E-state index contributed by atoms with van der Waals surface area (Å²) in [5.41, 5.74) is -0.826. The van der Waals surface area contributed by atoms with E-state index in [1.54, 1.807) is 0 Å². The Balaban J connectivity index is 1.60. The summed E-state index contributed by atoms with van der Waals surface area (Å²) in [5, 5.41) is 0. The molecule has 21 heavy (non-hydrogen) atoms. The fourth-order valence-corrected chi connectivity index (χ4v) is 8.10. The standard InChI is InChI=1S/C17H20O4/c1-15-10-6-4-7(6)12(15)16(2,14(10)19)17(3)13(15)11-8(21-17)5-9(18)20-11/h6-8,10-13H,4-5H2,1-3H3/t6?,7?,8-,10?,11+,12?,13+,15?,16?,17+/m0/s1. The zero-order chi connectivity index (χ0) is 14.5. The molecule has 0 N–H and O–H groups in total. The highest BCUT2D eigenvalue weighted by molar-refractivity contribution is 5.96. The third-order valence-electron chi connectivity index (χ3n) is 8.53. The van der Waals surface area contributed by atoms with E-state index in [2.05, 4.69) is 20.8 Å². The van der Waals surface area contributed by atoms with Gasteiger partial charge in [0.05, 0.1) is 17.4 Å². The van der Waals surface area contributed by atoms with Crippen molar-refractivity contribution in [3.63, 3.8) is 0 Å². The van der Waals surface area contributed by atoms with Gasteiger partial charge in [-0.2, -0.15) is 0 Å². The zero-order valence-electron chi connectivity index (χ0n) is 12.6. The van der Waals surface area contributed by atoms with Crippen LogP contribution in [0.1, 0.15) is 33.6 Å². The summed E-state index contributed by atoms with van der Waals surface area (Å²) >= 11 is 0. The number of rotatable bonds is 0. The van der Waals surface area contributed by atoms with Gasteiger partial charge in [-0.1, -0.05) is 6.92 Å². The Hall–Kier alpha value is -0.900. The van der Waals surface area contributed by atoms with E-state index in [-0.39, 0.29) is 40.8 Å². The van der Waals surface area contributed by atoms with Gasteiger partial charge in [0, 0.05) is 11.8 Å². The number of fused-ring (bicyclic) bond motifs is 6. The van der Waals surface area contributed by atoms with Gasteiger partial charge in [0.25, 0.3) is 0 Å². The number of carbonyl (C=O) groups excluding carboxylic acids is 2. The molecular formula is C17H20O4. The molecule has 0 radical (unpaired) electrons. The molecule has 2 heterocycles. The molecule has 2 aliphatic heterocycles. The first-order valence-corrected chi connectivity index (χ1v) is 8.26. The molecule has 6 fully saturated rings. The van der Waals surface area contributed by atoms with E-state index in [1.165, 1.54) is 6.42 Å². The smallest absolute Gasteiger partial charge is 0.308 e. The molecule has 0 spiro atoms. The molecule has 0 aromatic rings. The maximum absolute atomic E-state index is 13.1. The normalized spacial score (nSPS) is 71.7. The molecule has 0 aromatic heterocycles.